The minimum Gasteiger partial charge on any atom is -0.349 e. The van der Waals surface area contributed by atoms with E-state index in [4.69, 9.17) is 0 Å². The molecule has 1 amide bonds. The summed E-state index contributed by atoms with van der Waals surface area (Å²) >= 11 is 0. The second-order valence-electron chi connectivity index (χ2n) is 7.72. The van der Waals surface area contributed by atoms with Gasteiger partial charge in [0.25, 0.3) is 15.9 Å². The molecule has 2 atom stereocenters. The van der Waals surface area contributed by atoms with Crippen LogP contribution < -0.4 is 15.4 Å². The van der Waals surface area contributed by atoms with Crippen molar-refractivity contribution in [1.82, 2.24) is 10.6 Å². The lowest BCUT2D eigenvalue weighted by Gasteiger charge is -2.29. The van der Waals surface area contributed by atoms with Gasteiger partial charge in [-0.3, -0.25) is 9.52 Å². The second kappa shape index (κ2) is 7.56. The standard InChI is InChI=1S/C21H25N3O3S/c1-14-4-2-3-5-20(14)24-28(26,27)19-10-6-15(7-11-19)21(25)23-18-12-16-8-9-17(13-18)22-16/h2-7,10-11,16-18,22,24H,8-9,12-13H2,1H3,(H,23,25). The van der Waals surface area contributed by atoms with E-state index >= 15 is 0 Å². The Morgan fingerprint density at radius 3 is 2.29 bits per heavy atom. The van der Waals surface area contributed by atoms with Crippen LogP contribution in [-0.4, -0.2) is 32.5 Å². The Kier molecular flexibility index (Phi) is 5.12. The van der Waals surface area contributed by atoms with Crippen molar-refractivity contribution in [2.24, 2.45) is 0 Å². The number of hydrogen-bond acceptors (Lipinski definition) is 4. The van der Waals surface area contributed by atoms with Crippen LogP contribution in [0.4, 0.5) is 5.69 Å². The fourth-order valence-corrected chi connectivity index (χ4v) is 5.25. The Bertz CT molecular complexity index is 961. The van der Waals surface area contributed by atoms with Crippen LogP contribution >= 0.6 is 0 Å². The normalized spacial score (nSPS) is 24.0. The Balaban J connectivity index is 1.43. The minimum absolute atomic E-state index is 0.132. The van der Waals surface area contributed by atoms with E-state index < -0.39 is 10.0 Å². The maximum atomic E-state index is 12.6. The molecule has 6 nitrogen and oxygen atoms in total. The summed E-state index contributed by atoms with van der Waals surface area (Å²) in [5, 5.41) is 6.65. The van der Waals surface area contributed by atoms with Crippen molar-refractivity contribution in [1.29, 1.82) is 0 Å². The first-order valence-electron chi connectivity index (χ1n) is 9.66. The van der Waals surface area contributed by atoms with Crippen LogP contribution in [0.5, 0.6) is 0 Å². The topological polar surface area (TPSA) is 87.3 Å². The summed E-state index contributed by atoms with van der Waals surface area (Å²) in [6, 6.07) is 14.5. The van der Waals surface area contributed by atoms with Crippen LogP contribution in [0.2, 0.25) is 0 Å². The molecule has 4 rings (SSSR count). The van der Waals surface area contributed by atoms with Crippen molar-refractivity contribution in [3.8, 4) is 0 Å². The van der Waals surface area contributed by atoms with Gasteiger partial charge in [0, 0.05) is 23.7 Å². The summed E-state index contributed by atoms with van der Waals surface area (Å²) in [5.74, 6) is -0.151. The maximum Gasteiger partial charge on any atom is 0.261 e. The molecule has 0 saturated carbocycles. The zero-order valence-electron chi connectivity index (χ0n) is 15.8. The number of fused-ring (bicyclic) bond motifs is 2. The van der Waals surface area contributed by atoms with Gasteiger partial charge in [-0.25, -0.2) is 8.42 Å². The molecule has 2 aromatic carbocycles. The van der Waals surface area contributed by atoms with Gasteiger partial charge in [-0.05, 0) is 68.5 Å². The number of benzene rings is 2. The molecule has 2 saturated heterocycles. The third-order valence-corrected chi connectivity index (χ3v) is 7.01. The van der Waals surface area contributed by atoms with E-state index in [1.54, 1.807) is 24.3 Å². The predicted molar refractivity (Wildman–Crippen MR) is 109 cm³/mol. The average molecular weight is 400 g/mol. The quantitative estimate of drug-likeness (QED) is 0.722. The highest BCUT2D eigenvalue weighted by Crippen LogP contribution is 2.27. The largest absolute Gasteiger partial charge is 0.349 e. The van der Waals surface area contributed by atoms with Gasteiger partial charge in [-0.15, -0.1) is 0 Å². The molecule has 3 N–H and O–H groups in total. The van der Waals surface area contributed by atoms with Crippen LogP contribution in [0.3, 0.4) is 0 Å². The molecule has 0 aliphatic carbocycles. The molecule has 2 aromatic rings. The second-order valence-corrected chi connectivity index (χ2v) is 9.41. The van der Waals surface area contributed by atoms with E-state index in [9.17, 15) is 13.2 Å². The number of piperidine rings is 1. The van der Waals surface area contributed by atoms with Crippen LogP contribution in [0.1, 0.15) is 41.6 Å². The summed E-state index contributed by atoms with van der Waals surface area (Å²) in [5.41, 5.74) is 1.86. The first-order valence-corrected chi connectivity index (χ1v) is 11.1. The van der Waals surface area contributed by atoms with Crippen molar-refractivity contribution in [2.75, 3.05) is 4.72 Å². The van der Waals surface area contributed by atoms with E-state index in [0.29, 0.717) is 23.3 Å². The summed E-state index contributed by atoms with van der Waals surface area (Å²) < 4.78 is 27.8. The van der Waals surface area contributed by atoms with E-state index in [-0.39, 0.29) is 16.8 Å². The zero-order chi connectivity index (χ0) is 19.7. The van der Waals surface area contributed by atoms with Crippen LogP contribution in [0, 0.1) is 6.92 Å². The summed E-state index contributed by atoms with van der Waals surface area (Å²) in [6.45, 7) is 1.85. The van der Waals surface area contributed by atoms with Gasteiger partial charge in [0.2, 0.25) is 0 Å². The van der Waals surface area contributed by atoms with Crippen LogP contribution in [0.15, 0.2) is 53.4 Å². The van der Waals surface area contributed by atoms with Crippen molar-refractivity contribution >= 4 is 21.6 Å². The number of rotatable bonds is 5. The molecule has 2 aliphatic heterocycles. The number of aryl methyl sites for hydroxylation is 1. The molecule has 0 spiro atoms. The lowest BCUT2D eigenvalue weighted by molar-refractivity contribution is 0.0924. The van der Waals surface area contributed by atoms with Crippen molar-refractivity contribution in [2.45, 2.75) is 55.6 Å². The van der Waals surface area contributed by atoms with Crippen molar-refractivity contribution in [3.63, 3.8) is 0 Å². The lowest BCUT2D eigenvalue weighted by atomic mass is 9.99. The van der Waals surface area contributed by atoms with Gasteiger partial charge in [0.1, 0.15) is 0 Å². The number of anilines is 1. The molecule has 2 bridgehead atoms. The SMILES string of the molecule is Cc1ccccc1NS(=O)(=O)c1ccc(C(=O)NC2CC3CCC(C2)N3)cc1. The third-order valence-electron chi connectivity index (χ3n) is 5.62. The van der Waals surface area contributed by atoms with Gasteiger partial charge in [0.05, 0.1) is 10.6 Å². The molecule has 0 radical (unpaired) electrons. The molecule has 2 aliphatic rings. The van der Waals surface area contributed by atoms with Crippen LogP contribution in [0.25, 0.3) is 0 Å². The fraction of sp³-hybridized carbons (Fsp3) is 0.381. The van der Waals surface area contributed by atoms with Gasteiger partial charge in [-0.1, -0.05) is 18.2 Å². The highest BCUT2D eigenvalue weighted by Gasteiger charge is 2.34. The van der Waals surface area contributed by atoms with Crippen molar-refractivity contribution in [3.05, 3.63) is 59.7 Å². The van der Waals surface area contributed by atoms with Gasteiger partial charge < -0.3 is 10.6 Å². The summed E-state index contributed by atoms with van der Waals surface area (Å²) in [6.07, 6.45) is 4.26. The number of para-hydroxylation sites is 1. The molecular weight excluding hydrogens is 374 g/mol. The Morgan fingerprint density at radius 2 is 1.64 bits per heavy atom. The number of carbonyl (C=O) groups is 1. The number of carbonyl (C=O) groups excluding carboxylic acids is 1. The summed E-state index contributed by atoms with van der Waals surface area (Å²) in [4.78, 5) is 12.7. The molecule has 2 unspecified atom stereocenters. The molecule has 0 aromatic heterocycles. The minimum atomic E-state index is -3.70. The predicted octanol–water partition coefficient (Wildman–Crippen LogP) is 2.81. The number of nitrogens with one attached hydrogen (secondary N) is 3. The Labute approximate surface area is 165 Å². The number of amides is 1. The summed E-state index contributed by atoms with van der Waals surface area (Å²) in [7, 11) is -3.70. The molecule has 7 heteroatoms. The Hall–Kier alpha value is -2.38. The fourth-order valence-electron chi connectivity index (χ4n) is 4.12. The number of hydrogen-bond donors (Lipinski definition) is 3. The lowest BCUT2D eigenvalue weighted by Crippen LogP contribution is -2.48. The van der Waals surface area contributed by atoms with Gasteiger partial charge in [-0.2, -0.15) is 0 Å². The van der Waals surface area contributed by atoms with E-state index in [1.807, 2.05) is 19.1 Å². The molecule has 2 fully saturated rings. The maximum absolute atomic E-state index is 12.6. The van der Waals surface area contributed by atoms with Crippen molar-refractivity contribution < 1.29 is 13.2 Å². The first-order chi connectivity index (χ1) is 13.4. The number of sulfonamides is 1. The van der Waals surface area contributed by atoms with E-state index in [2.05, 4.69) is 15.4 Å². The highest BCUT2D eigenvalue weighted by molar-refractivity contribution is 7.92. The Morgan fingerprint density at radius 1 is 1.00 bits per heavy atom. The first kappa shape index (κ1) is 19.0. The van der Waals surface area contributed by atoms with Gasteiger partial charge in [0.15, 0.2) is 0 Å². The molecule has 148 valence electrons. The van der Waals surface area contributed by atoms with E-state index in [1.165, 1.54) is 25.0 Å². The van der Waals surface area contributed by atoms with Crippen LogP contribution in [-0.2, 0) is 10.0 Å². The monoisotopic (exact) mass is 399 g/mol. The average Bonchev–Trinajstić information content (AvgIpc) is 3.02. The zero-order valence-corrected chi connectivity index (χ0v) is 16.6. The molecule has 2 heterocycles. The highest BCUT2D eigenvalue weighted by atomic mass is 32.2. The van der Waals surface area contributed by atoms with Gasteiger partial charge >= 0.3 is 0 Å². The molecular formula is C21H25N3O3S. The molecule has 28 heavy (non-hydrogen) atoms. The third kappa shape index (κ3) is 4.05. The van der Waals surface area contributed by atoms with E-state index in [0.717, 1.165) is 18.4 Å². The smallest absolute Gasteiger partial charge is 0.261 e.